The van der Waals surface area contributed by atoms with Gasteiger partial charge in [0.05, 0.1) is 5.69 Å². The molecule has 0 spiro atoms. The number of fused-ring (bicyclic) bond motifs is 1. The first kappa shape index (κ1) is 10.8. The maximum atomic E-state index is 6.25. The zero-order chi connectivity index (χ0) is 11.8. The molecule has 3 heteroatoms. The maximum Gasteiger partial charge on any atom is 0.150 e. The van der Waals surface area contributed by atoms with Crippen LogP contribution >= 0.6 is 11.6 Å². The van der Waals surface area contributed by atoms with Crippen LogP contribution in [0.4, 0.5) is 0 Å². The van der Waals surface area contributed by atoms with Gasteiger partial charge in [-0.1, -0.05) is 48.9 Å². The lowest BCUT2D eigenvalue weighted by atomic mass is 9.98. The lowest BCUT2D eigenvalue weighted by Gasteiger charge is -2.22. The Hall–Kier alpha value is -1.28. The zero-order valence-electron chi connectivity index (χ0n) is 9.86. The van der Waals surface area contributed by atoms with Gasteiger partial charge in [-0.3, -0.25) is 0 Å². The molecule has 0 saturated carbocycles. The summed E-state index contributed by atoms with van der Waals surface area (Å²) in [5.41, 5.74) is 2.35. The van der Waals surface area contributed by atoms with E-state index in [9.17, 15) is 0 Å². The van der Waals surface area contributed by atoms with Crippen LogP contribution < -0.4 is 0 Å². The summed E-state index contributed by atoms with van der Waals surface area (Å²) in [6.45, 7) is 3.30. The summed E-state index contributed by atoms with van der Waals surface area (Å²) in [4.78, 5) is 4.53. The Morgan fingerprint density at radius 3 is 2.82 bits per heavy atom. The first-order chi connectivity index (χ1) is 8.25. The van der Waals surface area contributed by atoms with Crippen molar-refractivity contribution in [2.75, 3.05) is 0 Å². The van der Waals surface area contributed by atoms with E-state index in [0.29, 0.717) is 11.1 Å². The van der Waals surface area contributed by atoms with Crippen LogP contribution in [0.25, 0.3) is 11.4 Å². The number of aromatic nitrogens is 2. The normalized spacial score (nSPS) is 19.1. The fraction of sp³-hybridized carbons (Fsp3) is 0.357. The molecule has 88 valence electrons. The quantitative estimate of drug-likeness (QED) is 0.749. The van der Waals surface area contributed by atoms with E-state index < -0.39 is 0 Å². The molecule has 1 unspecified atom stereocenters. The average Bonchev–Trinajstić information content (AvgIpc) is 2.68. The minimum absolute atomic E-state index is 0.676. The van der Waals surface area contributed by atoms with Crippen molar-refractivity contribution < 1.29 is 0 Å². The molecule has 0 aliphatic carbocycles. The Balaban J connectivity index is 2.11. The number of rotatable bonds is 1. The van der Waals surface area contributed by atoms with Crippen molar-refractivity contribution in [1.82, 2.24) is 9.55 Å². The number of hydrogen-bond donors (Lipinski definition) is 0. The van der Waals surface area contributed by atoms with E-state index in [2.05, 4.69) is 28.6 Å². The van der Waals surface area contributed by atoms with Gasteiger partial charge in [0, 0.05) is 12.1 Å². The highest BCUT2D eigenvalue weighted by molar-refractivity contribution is 6.30. The molecule has 0 bridgehead atoms. The van der Waals surface area contributed by atoms with Gasteiger partial charge < -0.3 is 4.57 Å². The Bertz CT molecular complexity index is 531. The van der Waals surface area contributed by atoms with Crippen LogP contribution in [0.5, 0.6) is 0 Å². The van der Waals surface area contributed by atoms with Crippen molar-refractivity contribution in [3.05, 3.63) is 41.2 Å². The smallest absolute Gasteiger partial charge is 0.150 e. The molecule has 2 aromatic rings. The summed E-state index contributed by atoms with van der Waals surface area (Å²) in [7, 11) is 0. The van der Waals surface area contributed by atoms with Gasteiger partial charge >= 0.3 is 0 Å². The predicted molar refractivity (Wildman–Crippen MR) is 70.2 cm³/mol. The van der Waals surface area contributed by atoms with Crippen molar-refractivity contribution >= 4 is 11.6 Å². The molecular weight excluding hydrogens is 232 g/mol. The average molecular weight is 247 g/mol. The number of nitrogens with zero attached hydrogens (tertiary/aromatic N) is 2. The van der Waals surface area contributed by atoms with Gasteiger partial charge in [0.25, 0.3) is 0 Å². The summed E-state index contributed by atoms with van der Waals surface area (Å²) in [6, 6.07) is 10.3. The third-order valence-corrected chi connectivity index (χ3v) is 3.75. The number of hydrogen-bond acceptors (Lipinski definition) is 1. The fourth-order valence-corrected chi connectivity index (χ4v) is 2.74. The second-order valence-electron chi connectivity index (χ2n) is 4.79. The SMILES string of the molecule is CC1CCn2c(-c3ccccc3)nc(Cl)c2C1. The van der Waals surface area contributed by atoms with Gasteiger partial charge in [-0.05, 0) is 18.8 Å². The van der Waals surface area contributed by atoms with E-state index in [1.807, 2.05) is 18.2 Å². The van der Waals surface area contributed by atoms with Crippen LogP contribution in [-0.4, -0.2) is 9.55 Å². The van der Waals surface area contributed by atoms with E-state index in [1.54, 1.807) is 0 Å². The highest BCUT2D eigenvalue weighted by Gasteiger charge is 2.22. The molecule has 2 nitrogen and oxygen atoms in total. The molecule has 1 aromatic heterocycles. The summed E-state index contributed by atoms with van der Waals surface area (Å²) < 4.78 is 2.28. The number of benzene rings is 1. The summed E-state index contributed by atoms with van der Waals surface area (Å²) in [5.74, 6) is 1.72. The summed E-state index contributed by atoms with van der Waals surface area (Å²) in [5, 5.41) is 0.676. The van der Waals surface area contributed by atoms with Crippen LogP contribution in [0.1, 0.15) is 19.0 Å². The molecule has 1 aliphatic rings. The van der Waals surface area contributed by atoms with Crippen LogP contribution in [0.2, 0.25) is 5.15 Å². The second kappa shape index (κ2) is 4.19. The monoisotopic (exact) mass is 246 g/mol. The van der Waals surface area contributed by atoms with Crippen LogP contribution in [0.3, 0.4) is 0 Å². The van der Waals surface area contributed by atoms with Crippen LogP contribution in [0, 0.1) is 5.92 Å². The molecule has 0 N–H and O–H groups in total. The Labute approximate surface area is 106 Å². The molecule has 2 heterocycles. The molecule has 0 saturated heterocycles. The molecule has 0 radical (unpaired) electrons. The van der Waals surface area contributed by atoms with Gasteiger partial charge in [-0.2, -0.15) is 0 Å². The topological polar surface area (TPSA) is 17.8 Å². The van der Waals surface area contributed by atoms with Crippen LogP contribution in [0.15, 0.2) is 30.3 Å². The minimum Gasteiger partial charge on any atom is -0.327 e. The van der Waals surface area contributed by atoms with Crippen molar-refractivity contribution in [2.24, 2.45) is 5.92 Å². The Kier molecular flexibility index (Phi) is 2.67. The summed E-state index contributed by atoms with van der Waals surface area (Å²) >= 11 is 6.25. The predicted octanol–water partition coefficient (Wildman–Crippen LogP) is 3.79. The van der Waals surface area contributed by atoms with Crippen LogP contribution in [-0.2, 0) is 13.0 Å². The maximum absolute atomic E-state index is 6.25. The molecule has 1 aromatic carbocycles. The zero-order valence-corrected chi connectivity index (χ0v) is 10.6. The highest BCUT2D eigenvalue weighted by Crippen LogP contribution is 2.31. The lowest BCUT2D eigenvalue weighted by molar-refractivity contribution is 0.419. The second-order valence-corrected chi connectivity index (χ2v) is 5.15. The van der Waals surface area contributed by atoms with Crippen molar-refractivity contribution in [1.29, 1.82) is 0 Å². The van der Waals surface area contributed by atoms with E-state index in [4.69, 9.17) is 11.6 Å². The molecule has 1 atom stereocenters. The van der Waals surface area contributed by atoms with E-state index in [-0.39, 0.29) is 0 Å². The standard InChI is InChI=1S/C14H15ClN2/c1-10-7-8-17-12(9-10)13(15)16-14(17)11-5-3-2-4-6-11/h2-6,10H,7-9H2,1H3. The summed E-state index contributed by atoms with van der Waals surface area (Å²) in [6.07, 6.45) is 2.25. The van der Waals surface area contributed by atoms with E-state index in [1.165, 1.54) is 12.1 Å². The van der Waals surface area contributed by atoms with Gasteiger partial charge in [0.15, 0.2) is 5.15 Å². The number of halogens is 1. The Morgan fingerprint density at radius 1 is 1.29 bits per heavy atom. The molecule has 17 heavy (non-hydrogen) atoms. The van der Waals surface area contributed by atoms with Crippen molar-refractivity contribution in [3.8, 4) is 11.4 Å². The van der Waals surface area contributed by atoms with Gasteiger partial charge in [0.2, 0.25) is 0 Å². The van der Waals surface area contributed by atoms with Gasteiger partial charge in [0.1, 0.15) is 5.82 Å². The van der Waals surface area contributed by atoms with Crippen molar-refractivity contribution in [3.63, 3.8) is 0 Å². The lowest BCUT2D eigenvalue weighted by Crippen LogP contribution is -2.17. The van der Waals surface area contributed by atoms with E-state index in [0.717, 1.165) is 24.4 Å². The minimum atomic E-state index is 0.676. The first-order valence-electron chi connectivity index (χ1n) is 6.06. The third-order valence-electron chi connectivity index (χ3n) is 3.44. The van der Waals surface area contributed by atoms with E-state index >= 15 is 0 Å². The van der Waals surface area contributed by atoms with Gasteiger partial charge in [-0.25, -0.2) is 4.98 Å². The largest absolute Gasteiger partial charge is 0.327 e. The highest BCUT2D eigenvalue weighted by atomic mass is 35.5. The molecular formula is C14H15ClN2. The fourth-order valence-electron chi connectivity index (χ4n) is 2.48. The third kappa shape index (κ3) is 1.87. The molecule has 0 fully saturated rings. The Morgan fingerprint density at radius 2 is 2.06 bits per heavy atom. The van der Waals surface area contributed by atoms with Gasteiger partial charge in [-0.15, -0.1) is 0 Å². The first-order valence-corrected chi connectivity index (χ1v) is 6.44. The molecule has 0 amide bonds. The number of imidazole rings is 1. The molecule has 1 aliphatic heterocycles. The molecule has 3 rings (SSSR count). The van der Waals surface area contributed by atoms with Crippen molar-refractivity contribution in [2.45, 2.75) is 26.3 Å².